The summed E-state index contributed by atoms with van der Waals surface area (Å²) in [6.45, 7) is 3.26. The molecule has 2 aromatic heterocycles. The lowest BCUT2D eigenvalue weighted by molar-refractivity contribution is 0.0468. The first-order valence-electron chi connectivity index (χ1n) is 9.19. The summed E-state index contributed by atoms with van der Waals surface area (Å²) in [6.07, 6.45) is 1.85. The Morgan fingerprint density at radius 3 is 2.79 bits per heavy atom. The van der Waals surface area contributed by atoms with Crippen LogP contribution in [0.25, 0.3) is 11.0 Å². The van der Waals surface area contributed by atoms with Crippen LogP contribution in [-0.2, 0) is 11.3 Å². The Labute approximate surface area is 170 Å². The first kappa shape index (κ1) is 19.0. The molecule has 0 N–H and O–H groups in total. The highest BCUT2D eigenvalue weighted by Gasteiger charge is 2.26. The number of amides is 1. The predicted octanol–water partition coefficient (Wildman–Crippen LogP) is 4.28. The quantitative estimate of drug-likeness (QED) is 0.585. The average Bonchev–Trinajstić information content (AvgIpc) is 3.33. The number of fused-ring (bicyclic) bond motifs is 1. The summed E-state index contributed by atoms with van der Waals surface area (Å²) in [7, 11) is 0. The van der Waals surface area contributed by atoms with Gasteiger partial charge in [-0.3, -0.25) is 9.59 Å². The van der Waals surface area contributed by atoms with Gasteiger partial charge in [0.15, 0.2) is 11.2 Å². The smallest absolute Gasteiger partial charge is 0.290 e. The van der Waals surface area contributed by atoms with Gasteiger partial charge in [-0.25, -0.2) is 0 Å². The molecule has 3 heterocycles. The van der Waals surface area contributed by atoms with Gasteiger partial charge in [0, 0.05) is 23.7 Å². The van der Waals surface area contributed by atoms with Crippen molar-refractivity contribution in [2.45, 2.75) is 32.4 Å². The summed E-state index contributed by atoms with van der Waals surface area (Å²) in [5.74, 6) is 1.12. The number of halogens is 1. The molecule has 0 bridgehead atoms. The van der Waals surface area contributed by atoms with Crippen molar-refractivity contribution >= 4 is 32.8 Å². The molecule has 1 fully saturated rings. The molecular weight excluding hydrogens is 426 g/mol. The largest absolute Gasteiger partial charge is 0.464 e. The number of nitrogens with zero attached hydrogens (tertiary/aromatic N) is 1. The van der Waals surface area contributed by atoms with Crippen LogP contribution in [0, 0.1) is 6.92 Å². The Kier molecular flexibility index (Phi) is 5.37. The van der Waals surface area contributed by atoms with Crippen molar-refractivity contribution < 1.29 is 18.4 Å². The fourth-order valence-electron chi connectivity index (χ4n) is 3.40. The van der Waals surface area contributed by atoms with Gasteiger partial charge in [0.1, 0.15) is 17.1 Å². The molecule has 0 unspecified atom stereocenters. The number of rotatable bonds is 5. The normalized spacial score (nSPS) is 16.6. The minimum absolute atomic E-state index is 0.0149. The first-order valence-corrected chi connectivity index (χ1v) is 9.98. The Morgan fingerprint density at radius 2 is 2.07 bits per heavy atom. The molecule has 0 aliphatic carbocycles. The van der Waals surface area contributed by atoms with Crippen LogP contribution in [0.15, 0.2) is 54.5 Å². The van der Waals surface area contributed by atoms with Crippen LogP contribution in [0.4, 0.5) is 0 Å². The third-order valence-electron chi connectivity index (χ3n) is 4.78. The van der Waals surface area contributed by atoms with E-state index in [1.54, 1.807) is 23.1 Å². The second-order valence-electron chi connectivity index (χ2n) is 6.95. The second-order valence-corrected chi connectivity index (χ2v) is 7.86. The highest BCUT2D eigenvalue weighted by molar-refractivity contribution is 9.10. The summed E-state index contributed by atoms with van der Waals surface area (Å²) in [4.78, 5) is 27.3. The van der Waals surface area contributed by atoms with Crippen LogP contribution >= 0.6 is 15.9 Å². The zero-order chi connectivity index (χ0) is 19.7. The maximum Gasteiger partial charge on any atom is 0.290 e. The summed E-state index contributed by atoms with van der Waals surface area (Å²) in [5, 5.41) is 0.429. The number of benzene rings is 1. The van der Waals surface area contributed by atoms with E-state index in [2.05, 4.69) is 15.9 Å². The number of carbonyl (C=O) groups is 1. The number of aryl methyl sites for hydroxylation is 1. The van der Waals surface area contributed by atoms with Gasteiger partial charge in [0.2, 0.25) is 0 Å². The molecule has 3 aromatic rings. The number of hydrogen-bond donors (Lipinski definition) is 0. The van der Waals surface area contributed by atoms with E-state index < -0.39 is 0 Å². The maximum atomic E-state index is 13.2. The van der Waals surface area contributed by atoms with Crippen molar-refractivity contribution in [1.82, 2.24) is 4.90 Å². The molecular formula is C21H20BrNO5. The summed E-state index contributed by atoms with van der Waals surface area (Å²) >= 11 is 3.35. The number of ether oxygens (including phenoxy) is 1. The lowest BCUT2D eigenvalue weighted by atomic mass is 10.2. The molecule has 1 amide bonds. The van der Waals surface area contributed by atoms with Crippen molar-refractivity contribution in [2.24, 2.45) is 0 Å². The minimum Gasteiger partial charge on any atom is -0.464 e. The van der Waals surface area contributed by atoms with Gasteiger partial charge in [-0.1, -0.05) is 15.9 Å². The molecule has 0 radical (unpaired) electrons. The van der Waals surface area contributed by atoms with Crippen molar-refractivity contribution in [3.63, 3.8) is 0 Å². The van der Waals surface area contributed by atoms with Crippen LogP contribution < -0.4 is 5.43 Å². The van der Waals surface area contributed by atoms with Gasteiger partial charge in [-0.15, -0.1) is 0 Å². The molecule has 0 saturated carbocycles. The molecule has 6 nitrogen and oxygen atoms in total. The van der Waals surface area contributed by atoms with Crippen molar-refractivity contribution in [3.8, 4) is 0 Å². The van der Waals surface area contributed by atoms with Gasteiger partial charge in [-0.05, 0) is 50.1 Å². The molecule has 0 spiro atoms. The van der Waals surface area contributed by atoms with E-state index in [9.17, 15) is 9.59 Å². The number of carbonyl (C=O) groups excluding carboxylic acids is 1. The highest BCUT2D eigenvalue weighted by atomic mass is 79.9. The molecule has 1 aliphatic heterocycles. The third-order valence-corrected chi connectivity index (χ3v) is 5.27. The Morgan fingerprint density at radius 1 is 1.21 bits per heavy atom. The minimum atomic E-state index is -0.355. The van der Waals surface area contributed by atoms with E-state index in [1.165, 1.54) is 6.07 Å². The lowest BCUT2D eigenvalue weighted by Crippen LogP contribution is -2.37. The van der Waals surface area contributed by atoms with Crippen LogP contribution in [-0.4, -0.2) is 30.1 Å². The van der Waals surface area contributed by atoms with E-state index in [4.69, 9.17) is 13.6 Å². The van der Waals surface area contributed by atoms with E-state index in [1.807, 2.05) is 19.1 Å². The first-order chi connectivity index (χ1) is 13.5. The fraction of sp³-hybridized carbons (Fsp3) is 0.333. The standard InChI is InChI=1S/C21H20BrNO5/c1-13-4-6-16(27-13)12-23(11-15-3-2-8-26-15)21(25)20-10-18(24)17-9-14(22)5-7-19(17)28-20/h4-7,9-10,15H,2-3,8,11-12H2,1H3/t15-/m0/s1. The van der Waals surface area contributed by atoms with Crippen LogP contribution in [0.3, 0.4) is 0 Å². The van der Waals surface area contributed by atoms with Crippen LogP contribution in [0.1, 0.15) is 34.9 Å². The Bertz CT molecular complexity index is 1060. The van der Waals surface area contributed by atoms with Gasteiger partial charge < -0.3 is 18.5 Å². The summed E-state index contributed by atoms with van der Waals surface area (Å²) < 4.78 is 17.9. The molecule has 1 aromatic carbocycles. The summed E-state index contributed by atoms with van der Waals surface area (Å²) in [5.41, 5.74) is 0.127. The van der Waals surface area contributed by atoms with E-state index in [0.717, 1.165) is 23.1 Å². The molecule has 1 atom stereocenters. The molecule has 1 aliphatic rings. The Balaban J connectivity index is 1.66. The average molecular weight is 446 g/mol. The SMILES string of the molecule is Cc1ccc(CN(C[C@@H]2CCCO2)C(=O)c2cc(=O)c3cc(Br)ccc3o2)o1. The van der Waals surface area contributed by atoms with Gasteiger partial charge in [0.05, 0.1) is 18.0 Å². The van der Waals surface area contributed by atoms with Crippen molar-refractivity contribution in [2.75, 3.05) is 13.2 Å². The number of furan rings is 1. The molecule has 7 heteroatoms. The van der Waals surface area contributed by atoms with Crippen molar-refractivity contribution in [3.05, 3.63) is 68.4 Å². The zero-order valence-corrected chi connectivity index (χ0v) is 17.0. The zero-order valence-electron chi connectivity index (χ0n) is 15.4. The van der Waals surface area contributed by atoms with E-state index in [0.29, 0.717) is 29.9 Å². The topological polar surface area (TPSA) is 72.9 Å². The van der Waals surface area contributed by atoms with E-state index in [-0.39, 0.29) is 29.7 Å². The fourth-order valence-corrected chi connectivity index (χ4v) is 3.76. The van der Waals surface area contributed by atoms with Gasteiger partial charge >= 0.3 is 0 Å². The predicted molar refractivity (Wildman–Crippen MR) is 107 cm³/mol. The maximum absolute atomic E-state index is 13.2. The van der Waals surface area contributed by atoms with Crippen molar-refractivity contribution in [1.29, 1.82) is 0 Å². The highest BCUT2D eigenvalue weighted by Crippen LogP contribution is 2.21. The third kappa shape index (κ3) is 4.05. The second kappa shape index (κ2) is 7.93. The molecule has 4 rings (SSSR count). The van der Waals surface area contributed by atoms with Crippen LogP contribution in [0.5, 0.6) is 0 Å². The van der Waals surface area contributed by atoms with Crippen LogP contribution in [0.2, 0.25) is 0 Å². The lowest BCUT2D eigenvalue weighted by Gasteiger charge is -2.24. The molecule has 146 valence electrons. The Hall–Kier alpha value is -2.38. The molecule has 1 saturated heterocycles. The number of hydrogen-bond acceptors (Lipinski definition) is 5. The van der Waals surface area contributed by atoms with Gasteiger partial charge in [-0.2, -0.15) is 0 Å². The van der Waals surface area contributed by atoms with Gasteiger partial charge in [0.25, 0.3) is 5.91 Å². The van der Waals surface area contributed by atoms with E-state index >= 15 is 0 Å². The summed E-state index contributed by atoms with van der Waals surface area (Å²) in [6, 6.07) is 10.1. The monoisotopic (exact) mass is 445 g/mol. The molecule has 28 heavy (non-hydrogen) atoms.